The van der Waals surface area contributed by atoms with Crippen LogP contribution in [0.2, 0.25) is 10.0 Å². The number of likely N-dealkylation sites (tertiary alicyclic amines) is 2. The zero-order valence-corrected chi connectivity index (χ0v) is 23.0. The summed E-state index contributed by atoms with van der Waals surface area (Å²) in [6.45, 7) is 4.92. The molecule has 3 aliphatic rings. The zero-order chi connectivity index (χ0) is 26.9. The van der Waals surface area contributed by atoms with E-state index in [0.717, 1.165) is 31.6 Å². The predicted molar refractivity (Wildman–Crippen MR) is 149 cm³/mol. The number of carbonyl (C=O) groups is 3. The molecule has 1 N–H and O–H groups in total. The molecule has 0 unspecified atom stereocenters. The first-order valence-corrected chi connectivity index (χ1v) is 13.9. The lowest BCUT2D eigenvalue weighted by Gasteiger charge is -2.43. The van der Waals surface area contributed by atoms with Gasteiger partial charge >= 0.3 is 6.03 Å². The van der Waals surface area contributed by atoms with E-state index in [1.54, 1.807) is 28.0 Å². The number of nitrogens with one attached hydrogen (secondary N) is 1. The lowest BCUT2D eigenvalue weighted by Crippen LogP contribution is -2.58. The number of hydrogen-bond acceptors (Lipinski definition) is 4. The fourth-order valence-corrected chi connectivity index (χ4v) is 6.07. The van der Waals surface area contributed by atoms with E-state index in [0.29, 0.717) is 54.3 Å². The Bertz CT molecular complexity index is 1190. The summed E-state index contributed by atoms with van der Waals surface area (Å²) in [7, 11) is 0. The second-order valence-electron chi connectivity index (χ2n) is 10.5. The molecular weight excluding hydrogens is 525 g/mol. The molecule has 2 aromatic rings. The van der Waals surface area contributed by atoms with Crippen molar-refractivity contribution in [3.8, 4) is 0 Å². The highest BCUT2D eigenvalue weighted by Crippen LogP contribution is 2.40. The van der Waals surface area contributed by atoms with Crippen LogP contribution in [0.5, 0.6) is 0 Å². The maximum absolute atomic E-state index is 13.9. The number of piperidine rings is 2. The minimum Gasteiger partial charge on any atom is -0.341 e. The quantitative estimate of drug-likeness (QED) is 0.578. The van der Waals surface area contributed by atoms with Gasteiger partial charge in [-0.05, 0) is 55.9 Å². The third-order valence-electron chi connectivity index (χ3n) is 8.12. The van der Waals surface area contributed by atoms with Crippen LogP contribution in [0.1, 0.15) is 32.6 Å². The number of benzene rings is 2. The number of para-hydroxylation sites is 1. The Morgan fingerprint density at radius 1 is 0.947 bits per heavy atom. The summed E-state index contributed by atoms with van der Waals surface area (Å²) in [6, 6.07) is 14.6. The minimum absolute atomic E-state index is 0.00512. The summed E-state index contributed by atoms with van der Waals surface area (Å²) < 4.78 is 0. The molecule has 0 bridgehead atoms. The monoisotopic (exact) mass is 557 g/mol. The van der Waals surface area contributed by atoms with E-state index in [2.05, 4.69) is 17.1 Å². The van der Waals surface area contributed by atoms with Gasteiger partial charge in [0, 0.05) is 31.9 Å². The van der Waals surface area contributed by atoms with Crippen molar-refractivity contribution >= 4 is 52.4 Å². The van der Waals surface area contributed by atoms with Crippen LogP contribution in [0.25, 0.3) is 0 Å². The average Bonchev–Trinajstić information content (AvgIpc) is 3.18. The molecule has 8 nitrogen and oxygen atoms in total. The number of anilines is 2. The molecular formula is C28H33Cl2N5O3. The van der Waals surface area contributed by atoms with Gasteiger partial charge in [0.15, 0.2) is 0 Å². The van der Waals surface area contributed by atoms with Gasteiger partial charge in [-0.1, -0.05) is 54.4 Å². The van der Waals surface area contributed by atoms with E-state index in [4.69, 9.17) is 23.2 Å². The molecule has 0 radical (unpaired) electrons. The number of amides is 4. The molecule has 1 spiro atoms. The Morgan fingerprint density at radius 3 is 2.32 bits per heavy atom. The van der Waals surface area contributed by atoms with E-state index in [1.165, 1.54) is 0 Å². The van der Waals surface area contributed by atoms with E-state index >= 15 is 0 Å². The highest BCUT2D eigenvalue weighted by atomic mass is 35.5. The lowest BCUT2D eigenvalue weighted by molar-refractivity contribution is -0.141. The van der Waals surface area contributed by atoms with Gasteiger partial charge in [0.25, 0.3) is 5.91 Å². The predicted octanol–water partition coefficient (Wildman–Crippen LogP) is 4.92. The molecule has 38 heavy (non-hydrogen) atoms. The van der Waals surface area contributed by atoms with Crippen molar-refractivity contribution in [3.05, 3.63) is 58.6 Å². The summed E-state index contributed by atoms with van der Waals surface area (Å²) in [5.41, 5.74) is 0.581. The highest BCUT2D eigenvalue weighted by Gasteiger charge is 2.54. The molecule has 10 heteroatoms. The molecule has 3 saturated heterocycles. The zero-order valence-electron chi connectivity index (χ0n) is 21.5. The van der Waals surface area contributed by atoms with Crippen molar-refractivity contribution in [3.63, 3.8) is 0 Å². The van der Waals surface area contributed by atoms with Crippen LogP contribution in [0, 0.1) is 5.92 Å². The SMILES string of the molecule is CC1CCN(C(=O)CN2CN(c3ccccc3)C3(CCN(C(=O)Nc4cccc(Cl)c4Cl)CC3)C2=O)CC1. The van der Waals surface area contributed by atoms with E-state index < -0.39 is 5.54 Å². The van der Waals surface area contributed by atoms with Crippen LogP contribution in [0.3, 0.4) is 0 Å². The van der Waals surface area contributed by atoms with Gasteiger partial charge in [0.1, 0.15) is 12.1 Å². The van der Waals surface area contributed by atoms with Crippen LogP contribution >= 0.6 is 23.2 Å². The normalized spacial score (nSPS) is 19.8. The standard InChI is InChI=1S/C28H33Cl2N5O3/c1-20-10-14-32(15-11-20)24(36)18-34-19-35(21-6-3-2-4-7-21)28(26(34)37)12-16-33(17-13-28)27(38)31-23-9-5-8-22(29)25(23)30/h2-9,20H,10-19H2,1H3,(H,31,38). The molecule has 3 fully saturated rings. The van der Waals surface area contributed by atoms with Gasteiger partial charge in [0.05, 0.1) is 22.4 Å². The first-order valence-electron chi connectivity index (χ1n) is 13.2. The molecule has 3 aliphatic heterocycles. The summed E-state index contributed by atoms with van der Waals surface area (Å²) in [4.78, 5) is 47.5. The fourth-order valence-electron chi connectivity index (χ4n) is 5.72. The van der Waals surface area contributed by atoms with Crippen molar-refractivity contribution in [2.24, 2.45) is 5.92 Å². The van der Waals surface area contributed by atoms with E-state index in [-0.39, 0.29) is 24.4 Å². The summed E-state index contributed by atoms with van der Waals surface area (Å²) in [5, 5.41) is 3.50. The van der Waals surface area contributed by atoms with Crippen LogP contribution in [-0.4, -0.2) is 77.5 Å². The summed E-state index contributed by atoms with van der Waals surface area (Å²) in [5.74, 6) is 0.588. The maximum atomic E-state index is 13.9. The lowest BCUT2D eigenvalue weighted by atomic mass is 9.85. The highest BCUT2D eigenvalue weighted by molar-refractivity contribution is 6.43. The number of urea groups is 1. The summed E-state index contributed by atoms with van der Waals surface area (Å²) in [6.07, 6.45) is 2.92. The van der Waals surface area contributed by atoms with Crippen molar-refractivity contribution in [2.75, 3.05) is 49.6 Å². The Balaban J connectivity index is 1.30. The van der Waals surface area contributed by atoms with Gasteiger partial charge < -0.3 is 24.9 Å². The molecule has 2 aromatic carbocycles. The number of carbonyl (C=O) groups excluding carboxylic acids is 3. The molecule has 202 valence electrons. The third kappa shape index (κ3) is 5.16. The number of hydrogen-bond donors (Lipinski definition) is 1. The molecule has 0 saturated carbocycles. The molecule has 3 heterocycles. The molecule has 0 aliphatic carbocycles. The van der Waals surface area contributed by atoms with Crippen molar-refractivity contribution in [2.45, 2.75) is 38.1 Å². The Kier molecular flexibility index (Phi) is 7.73. The Hall–Kier alpha value is -2.97. The van der Waals surface area contributed by atoms with Crippen molar-refractivity contribution in [1.29, 1.82) is 0 Å². The molecule has 0 atom stereocenters. The first-order chi connectivity index (χ1) is 18.3. The van der Waals surface area contributed by atoms with Crippen LogP contribution in [-0.2, 0) is 9.59 Å². The molecule has 4 amide bonds. The molecule has 5 rings (SSSR count). The number of nitrogens with zero attached hydrogens (tertiary/aromatic N) is 4. The smallest absolute Gasteiger partial charge is 0.321 e. The van der Waals surface area contributed by atoms with Crippen molar-refractivity contribution in [1.82, 2.24) is 14.7 Å². The van der Waals surface area contributed by atoms with E-state index in [9.17, 15) is 14.4 Å². The largest absolute Gasteiger partial charge is 0.341 e. The number of halogens is 2. The first kappa shape index (κ1) is 26.6. The van der Waals surface area contributed by atoms with Gasteiger partial charge in [-0.15, -0.1) is 0 Å². The number of rotatable bonds is 4. The maximum Gasteiger partial charge on any atom is 0.321 e. The second kappa shape index (κ2) is 11.0. The topological polar surface area (TPSA) is 76.2 Å². The fraction of sp³-hybridized carbons (Fsp3) is 0.464. The van der Waals surface area contributed by atoms with Crippen molar-refractivity contribution < 1.29 is 14.4 Å². The van der Waals surface area contributed by atoms with Crippen LogP contribution < -0.4 is 10.2 Å². The van der Waals surface area contributed by atoms with Gasteiger partial charge in [-0.25, -0.2) is 4.79 Å². The Morgan fingerprint density at radius 2 is 1.63 bits per heavy atom. The van der Waals surface area contributed by atoms with E-state index in [1.807, 2.05) is 35.2 Å². The average molecular weight is 559 g/mol. The minimum atomic E-state index is -0.803. The molecule has 0 aromatic heterocycles. The third-order valence-corrected chi connectivity index (χ3v) is 8.93. The van der Waals surface area contributed by atoms with Crippen LogP contribution in [0.4, 0.5) is 16.2 Å². The van der Waals surface area contributed by atoms with Gasteiger partial charge in [-0.3, -0.25) is 9.59 Å². The summed E-state index contributed by atoms with van der Waals surface area (Å²) >= 11 is 12.3. The second-order valence-corrected chi connectivity index (χ2v) is 11.3. The van der Waals surface area contributed by atoms with Gasteiger partial charge in [-0.2, -0.15) is 0 Å². The van der Waals surface area contributed by atoms with Gasteiger partial charge in [0.2, 0.25) is 5.91 Å². The van der Waals surface area contributed by atoms with Crippen LogP contribution in [0.15, 0.2) is 48.5 Å². The Labute approximate surface area is 233 Å².